The Morgan fingerprint density at radius 3 is 3.06 bits per heavy atom. The molecule has 1 aliphatic heterocycles. The largest absolute Gasteiger partial charge is 0.482 e. The molecule has 98 valence electrons. The number of ether oxygens (including phenoxy) is 1. The highest BCUT2D eigenvalue weighted by atomic mass is 16.5. The summed E-state index contributed by atoms with van der Waals surface area (Å²) in [7, 11) is 1.98. The number of hydrogen-bond acceptors (Lipinski definition) is 3. The molecule has 0 saturated heterocycles. The van der Waals surface area contributed by atoms with Gasteiger partial charge in [-0.1, -0.05) is 19.4 Å². The van der Waals surface area contributed by atoms with Crippen LogP contribution in [-0.2, 0) is 11.2 Å². The molecule has 18 heavy (non-hydrogen) atoms. The standard InChI is InChI=1S/C14H20N2O2/c1-3-10(8-15-2)6-11-4-5-13-12(7-11)16-14(17)9-18-13/h4-5,7,10,15H,3,6,8-9H2,1-2H3,(H,16,17). The zero-order valence-electron chi connectivity index (χ0n) is 11.0. The third-order valence-electron chi connectivity index (χ3n) is 3.27. The third-order valence-corrected chi connectivity index (χ3v) is 3.27. The van der Waals surface area contributed by atoms with Crippen LogP contribution in [0.4, 0.5) is 5.69 Å². The molecule has 2 rings (SSSR count). The SMILES string of the molecule is CCC(CNC)Cc1ccc2c(c1)NC(=O)CO2. The van der Waals surface area contributed by atoms with Gasteiger partial charge in [0.1, 0.15) is 5.75 Å². The van der Waals surface area contributed by atoms with E-state index < -0.39 is 0 Å². The van der Waals surface area contributed by atoms with Crippen LogP contribution in [0.3, 0.4) is 0 Å². The van der Waals surface area contributed by atoms with Crippen molar-refractivity contribution >= 4 is 11.6 Å². The predicted octanol–water partition coefficient (Wildman–Crippen LogP) is 1.81. The van der Waals surface area contributed by atoms with Crippen molar-refractivity contribution in [2.24, 2.45) is 5.92 Å². The first kappa shape index (κ1) is 12.9. The summed E-state index contributed by atoms with van der Waals surface area (Å²) in [5, 5.41) is 6.06. The lowest BCUT2D eigenvalue weighted by atomic mass is 9.96. The van der Waals surface area contributed by atoms with E-state index in [1.165, 1.54) is 5.56 Å². The molecular formula is C14H20N2O2. The van der Waals surface area contributed by atoms with Gasteiger partial charge in [0, 0.05) is 0 Å². The maximum Gasteiger partial charge on any atom is 0.262 e. The molecule has 1 atom stereocenters. The Balaban J connectivity index is 2.10. The number of benzene rings is 1. The highest BCUT2D eigenvalue weighted by molar-refractivity contribution is 5.95. The van der Waals surface area contributed by atoms with E-state index >= 15 is 0 Å². The molecule has 0 spiro atoms. The van der Waals surface area contributed by atoms with Crippen LogP contribution in [0, 0.1) is 5.92 Å². The second kappa shape index (κ2) is 5.87. The number of anilines is 1. The minimum Gasteiger partial charge on any atom is -0.482 e. The molecule has 1 aromatic rings. The first-order chi connectivity index (χ1) is 8.72. The summed E-state index contributed by atoms with van der Waals surface area (Å²) >= 11 is 0. The van der Waals surface area contributed by atoms with Gasteiger partial charge < -0.3 is 15.4 Å². The molecule has 4 nitrogen and oxygen atoms in total. The molecule has 4 heteroatoms. The van der Waals surface area contributed by atoms with Gasteiger partial charge in [-0.25, -0.2) is 0 Å². The molecule has 0 aliphatic carbocycles. The predicted molar refractivity (Wildman–Crippen MR) is 72.0 cm³/mol. The average Bonchev–Trinajstić information content (AvgIpc) is 2.37. The van der Waals surface area contributed by atoms with Crippen LogP contribution in [0.1, 0.15) is 18.9 Å². The summed E-state index contributed by atoms with van der Waals surface area (Å²) in [6.07, 6.45) is 2.15. The van der Waals surface area contributed by atoms with Crippen molar-refractivity contribution in [1.29, 1.82) is 0 Å². The van der Waals surface area contributed by atoms with Crippen LogP contribution < -0.4 is 15.4 Å². The van der Waals surface area contributed by atoms with Gasteiger partial charge in [-0.3, -0.25) is 4.79 Å². The first-order valence-corrected chi connectivity index (χ1v) is 6.43. The molecule has 1 unspecified atom stereocenters. The maximum absolute atomic E-state index is 11.3. The number of amides is 1. The smallest absolute Gasteiger partial charge is 0.262 e. The molecular weight excluding hydrogens is 228 g/mol. The quantitative estimate of drug-likeness (QED) is 0.835. The van der Waals surface area contributed by atoms with E-state index in [2.05, 4.69) is 23.6 Å². The molecule has 0 aromatic heterocycles. The number of rotatable bonds is 5. The van der Waals surface area contributed by atoms with Crippen molar-refractivity contribution in [3.05, 3.63) is 23.8 Å². The molecule has 1 aromatic carbocycles. The van der Waals surface area contributed by atoms with Crippen LogP contribution in [0.2, 0.25) is 0 Å². The molecule has 0 saturated carbocycles. The Morgan fingerprint density at radius 1 is 1.50 bits per heavy atom. The molecule has 1 aliphatic rings. The summed E-state index contributed by atoms with van der Waals surface area (Å²) < 4.78 is 5.35. The van der Waals surface area contributed by atoms with Gasteiger partial charge in [0.2, 0.25) is 0 Å². The van der Waals surface area contributed by atoms with E-state index in [1.807, 2.05) is 19.2 Å². The van der Waals surface area contributed by atoms with Gasteiger partial charge in [0.25, 0.3) is 5.91 Å². The molecule has 1 heterocycles. The van der Waals surface area contributed by atoms with Crippen LogP contribution >= 0.6 is 0 Å². The summed E-state index contributed by atoms with van der Waals surface area (Å²) in [6, 6.07) is 6.04. The van der Waals surface area contributed by atoms with Crippen molar-refractivity contribution in [2.45, 2.75) is 19.8 Å². The Kier molecular flexibility index (Phi) is 4.20. The van der Waals surface area contributed by atoms with E-state index in [0.717, 1.165) is 30.8 Å². The monoisotopic (exact) mass is 248 g/mol. The zero-order valence-corrected chi connectivity index (χ0v) is 11.0. The van der Waals surface area contributed by atoms with Crippen LogP contribution in [0.5, 0.6) is 5.75 Å². The number of carbonyl (C=O) groups is 1. The Labute approximate surface area is 108 Å². The highest BCUT2D eigenvalue weighted by Gasteiger charge is 2.16. The number of nitrogens with one attached hydrogen (secondary N) is 2. The fourth-order valence-corrected chi connectivity index (χ4v) is 2.24. The molecule has 0 bridgehead atoms. The normalized spacial score (nSPS) is 15.6. The summed E-state index contributed by atoms with van der Waals surface area (Å²) in [5.74, 6) is 1.30. The van der Waals surface area contributed by atoms with Gasteiger partial charge in [0.05, 0.1) is 5.69 Å². The van der Waals surface area contributed by atoms with Gasteiger partial charge in [0.15, 0.2) is 6.61 Å². The summed E-state index contributed by atoms with van der Waals surface area (Å²) in [4.78, 5) is 11.3. The average molecular weight is 248 g/mol. The van der Waals surface area contributed by atoms with Crippen molar-refractivity contribution in [3.8, 4) is 5.75 Å². The first-order valence-electron chi connectivity index (χ1n) is 6.43. The van der Waals surface area contributed by atoms with Crippen molar-refractivity contribution < 1.29 is 9.53 Å². The molecule has 1 amide bonds. The highest BCUT2D eigenvalue weighted by Crippen LogP contribution is 2.29. The van der Waals surface area contributed by atoms with Crippen LogP contribution in [-0.4, -0.2) is 26.1 Å². The van der Waals surface area contributed by atoms with Crippen molar-refractivity contribution in [1.82, 2.24) is 5.32 Å². The number of hydrogen-bond donors (Lipinski definition) is 2. The van der Waals surface area contributed by atoms with Crippen molar-refractivity contribution in [2.75, 3.05) is 25.5 Å². The lowest BCUT2D eigenvalue weighted by Gasteiger charge is -2.20. The van der Waals surface area contributed by atoms with Crippen LogP contribution in [0.15, 0.2) is 18.2 Å². The molecule has 2 N–H and O–H groups in total. The zero-order chi connectivity index (χ0) is 13.0. The van der Waals surface area contributed by atoms with E-state index in [4.69, 9.17) is 4.74 Å². The van der Waals surface area contributed by atoms with E-state index in [0.29, 0.717) is 5.92 Å². The summed E-state index contributed by atoms with van der Waals surface area (Å²) in [5.41, 5.74) is 2.03. The topological polar surface area (TPSA) is 50.4 Å². The van der Waals surface area contributed by atoms with Gasteiger partial charge >= 0.3 is 0 Å². The summed E-state index contributed by atoms with van der Waals surface area (Å²) in [6.45, 7) is 3.32. The molecule has 0 fully saturated rings. The fourth-order valence-electron chi connectivity index (χ4n) is 2.24. The Bertz CT molecular complexity index is 432. The lowest BCUT2D eigenvalue weighted by molar-refractivity contribution is -0.118. The Hall–Kier alpha value is -1.55. The second-order valence-electron chi connectivity index (χ2n) is 4.70. The lowest BCUT2D eigenvalue weighted by Crippen LogP contribution is -2.25. The fraction of sp³-hybridized carbons (Fsp3) is 0.500. The van der Waals surface area contributed by atoms with Gasteiger partial charge in [-0.05, 0) is 43.6 Å². The second-order valence-corrected chi connectivity index (χ2v) is 4.70. The van der Waals surface area contributed by atoms with E-state index in [1.54, 1.807) is 0 Å². The van der Waals surface area contributed by atoms with Gasteiger partial charge in [-0.2, -0.15) is 0 Å². The van der Waals surface area contributed by atoms with E-state index in [-0.39, 0.29) is 12.5 Å². The van der Waals surface area contributed by atoms with E-state index in [9.17, 15) is 4.79 Å². The Morgan fingerprint density at radius 2 is 2.33 bits per heavy atom. The minimum absolute atomic E-state index is 0.0816. The minimum atomic E-state index is -0.0816. The van der Waals surface area contributed by atoms with Gasteiger partial charge in [-0.15, -0.1) is 0 Å². The number of fused-ring (bicyclic) bond motifs is 1. The van der Waals surface area contributed by atoms with Crippen LogP contribution in [0.25, 0.3) is 0 Å². The van der Waals surface area contributed by atoms with Crippen molar-refractivity contribution in [3.63, 3.8) is 0 Å². The third kappa shape index (κ3) is 3.01. The molecule has 0 radical (unpaired) electrons. The maximum atomic E-state index is 11.3. The number of carbonyl (C=O) groups excluding carboxylic acids is 1.